The molecule has 0 amide bonds. The van der Waals surface area contributed by atoms with Gasteiger partial charge in [0.05, 0.1) is 0 Å². The normalized spacial score (nSPS) is 10.6. The highest BCUT2D eigenvalue weighted by atomic mass is 15.1. The van der Waals surface area contributed by atoms with Gasteiger partial charge in [0.1, 0.15) is 0 Å². The molecule has 0 bridgehead atoms. The third-order valence-electron chi connectivity index (χ3n) is 3.28. The van der Waals surface area contributed by atoms with Crippen molar-refractivity contribution in [3.63, 3.8) is 0 Å². The third kappa shape index (κ3) is 4.39. The van der Waals surface area contributed by atoms with E-state index in [4.69, 9.17) is 5.73 Å². The highest BCUT2D eigenvalue weighted by molar-refractivity contribution is 5.50. The Labute approximate surface area is 106 Å². The molecule has 0 radical (unpaired) electrons. The molecule has 0 spiro atoms. The molecule has 0 aliphatic heterocycles. The van der Waals surface area contributed by atoms with E-state index in [2.05, 4.69) is 44.0 Å². The van der Waals surface area contributed by atoms with Gasteiger partial charge in [0.25, 0.3) is 0 Å². The lowest BCUT2D eigenvalue weighted by Crippen LogP contribution is -2.18. The highest BCUT2D eigenvalue weighted by Crippen LogP contribution is 2.19. The maximum absolute atomic E-state index is 5.60. The van der Waals surface area contributed by atoms with Crippen molar-refractivity contribution < 1.29 is 0 Å². The zero-order valence-electron chi connectivity index (χ0n) is 11.5. The van der Waals surface area contributed by atoms with E-state index in [9.17, 15) is 0 Å². The molecule has 1 aromatic rings. The summed E-state index contributed by atoms with van der Waals surface area (Å²) in [6, 6.07) is 6.70. The topological polar surface area (TPSA) is 29.3 Å². The smallest absolute Gasteiger partial charge is 0.0366 e. The van der Waals surface area contributed by atoms with Crippen molar-refractivity contribution in [1.82, 2.24) is 0 Å². The van der Waals surface area contributed by atoms with Gasteiger partial charge in [-0.1, -0.05) is 25.8 Å². The first-order chi connectivity index (χ1) is 8.19. The predicted molar refractivity (Wildman–Crippen MR) is 76.7 cm³/mol. The van der Waals surface area contributed by atoms with E-state index in [1.165, 1.54) is 36.1 Å². The molecule has 0 aliphatic rings. The van der Waals surface area contributed by atoms with Crippen LogP contribution in [-0.4, -0.2) is 20.1 Å². The van der Waals surface area contributed by atoms with E-state index in [1.807, 2.05) is 0 Å². The Morgan fingerprint density at radius 3 is 2.59 bits per heavy atom. The van der Waals surface area contributed by atoms with Crippen molar-refractivity contribution in [3.05, 3.63) is 29.3 Å². The second kappa shape index (κ2) is 7.33. The van der Waals surface area contributed by atoms with Crippen LogP contribution in [0.2, 0.25) is 0 Å². The summed E-state index contributed by atoms with van der Waals surface area (Å²) in [7, 11) is 2.17. The summed E-state index contributed by atoms with van der Waals surface area (Å²) in [6.07, 6.45) is 4.85. The van der Waals surface area contributed by atoms with Crippen LogP contribution in [0.25, 0.3) is 0 Å². The van der Waals surface area contributed by atoms with Crippen molar-refractivity contribution >= 4 is 5.69 Å². The second-order valence-electron chi connectivity index (χ2n) is 4.78. The highest BCUT2D eigenvalue weighted by Gasteiger charge is 2.03. The number of aryl methyl sites for hydroxylation is 1. The largest absolute Gasteiger partial charge is 0.375 e. The molecule has 2 N–H and O–H groups in total. The summed E-state index contributed by atoms with van der Waals surface area (Å²) >= 11 is 0. The zero-order valence-corrected chi connectivity index (χ0v) is 11.5. The Balaban J connectivity index is 2.62. The Kier molecular flexibility index (Phi) is 6.06. The quantitative estimate of drug-likeness (QED) is 0.734. The van der Waals surface area contributed by atoms with Crippen molar-refractivity contribution in [1.29, 1.82) is 0 Å². The van der Waals surface area contributed by atoms with Crippen LogP contribution >= 0.6 is 0 Å². The van der Waals surface area contributed by atoms with Crippen LogP contribution < -0.4 is 10.6 Å². The van der Waals surface area contributed by atoms with Gasteiger partial charge >= 0.3 is 0 Å². The maximum atomic E-state index is 5.60. The van der Waals surface area contributed by atoms with Crippen LogP contribution in [0.1, 0.15) is 37.3 Å². The molecule has 0 heterocycles. The standard InChI is InChI=1S/C15H26N2/c1-4-5-6-11-17(3)15-8-7-14(9-10-16)13(2)12-15/h7-8,12H,4-6,9-11,16H2,1-3H3. The lowest BCUT2D eigenvalue weighted by Gasteiger charge is -2.20. The van der Waals surface area contributed by atoms with E-state index < -0.39 is 0 Å². The summed E-state index contributed by atoms with van der Waals surface area (Å²) in [4.78, 5) is 2.34. The molecular formula is C15H26N2. The van der Waals surface area contributed by atoms with Crippen LogP contribution in [0.3, 0.4) is 0 Å². The first-order valence-corrected chi connectivity index (χ1v) is 6.69. The number of nitrogens with zero attached hydrogens (tertiary/aromatic N) is 1. The van der Waals surface area contributed by atoms with Gasteiger partial charge in [-0.05, 0) is 49.6 Å². The van der Waals surface area contributed by atoms with Gasteiger partial charge in [-0.15, -0.1) is 0 Å². The summed E-state index contributed by atoms with van der Waals surface area (Å²) < 4.78 is 0. The van der Waals surface area contributed by atoms with E-state index >= 15 is 0 Å². The fourth-order valence-corrected chi connectivity index (χ4v) is 2.08. The molecule has 0 atom stereocenters. The first-order valence-electron chi connectivity index (χ1n) is 6.69. The SMILES string of the molecule is CCCCCN(C)c1ccc(CCN)c(C)c1. The molecule has 0 aromatic heterocycles. The summed E-state index contributed by atoms with van der Waals surface area (Å²) in [5.74, 6) is 0. The Bertz CT molecular complexity index is 334. The van der Waals surface area contributed by atoms with Gasteiger partial charge in [-0.25, -0.2) is 0 Å². The molecule has 96 valence electrons. The van der Waals surface area contributed by atoms with E-state index in [1.54, 1.807) is 0 Å². The zero-order chi connectivity index (χ0) is 12.7. The molecule has 2 nitrogen and oxygen atoms in total. The minimum atomic E-state index is 0.729. The average molecular weight is 234 g/mol. The minimum absolute atomic E-state index is 0.729. The fraction of sp³-hybridized carbons (Fsp3) is 0.600. The maximum Gasteiger partial charge on any atom is 0.0366 e. The molecule has 0 saturated heterocycles. The van der Waals surface area contributed by atoms with Gasteiger partial charge < -0.3 is 10.6 Å². The van der Waals surface area contributed by atoms with E-state index in [0.717, 1.165) is 19.5 Å². The van der Waals surface area contributed by atoms with Crippen LogP contribution in [0.15, 0.2) is 18.2 Å². The Morgan fingerprint density at radius 2 is 2.00 bits per heavy atom. The first kappa shape index (κ1) is 14.0. The fourth-order valence-electron chi connectivity index (χ4n) is 2.08. The van der Waals surface area contributed by atoms with Gasteiger partial charge in [0.15, 0.2) is 0 Å². The number of hydrogen-bond acceptors (Lipinski definition) is 2. The molecule has 0 unspecified atom stereocenters. The molecule has 17 heavy (non-hydrogen) atoms. The second-order valence-corrected chi connectivity index (χ2v) is 4.78. The van der Waals surface area contributed by atoms with Crippen LogP contribution in [-0.2, 0) is 6.42 Å². The van der Waals surface area contributed by atoms with E-state index in [-0.39, 0.29) is 0 Å². The number of unbranched alkanes of at least 4 members (excludes halogenated alkanes) is 2. The van der Waals surface area contributed by atoms with Crippen molar-refractivity contribution in [2.24, 2.45) is 5.73 Å². The number of nitrogens with two attached hydrogens (primary N) is 1. The molecule has 2 heteroatoms. The van der Waals surface area contributed by atoms with Gasteiger partial charge in [-0.2, -0.15) is 0 Å². The van der Waals surface area contributed by atoms with Crippen LogP contribution in [0.5, 0.6) is 0 Å². The number of hydrogen-bond donors (Lipinski definition) is 1. The van der Waals surface area contributed by atoms with Crippen molar-refractivity contribution in [3.8, 4) is 0 Å². The van der Waals surface area contributed by atoms with Gasteiger partial charge in [0.2, 0.25) is 0 Å². The molecule has 0 saturated carbocycles. The minimum Gasteiger partial charge on any atom is -0.375 e. The van der Waals surface area contributed by atoms with Gasteiger partial charge in [-0.3, -0.25) is 0 Å². The summed E-state index contributed by atoms with van der Waals surface area (Å²) in [5, 5.41) is 0. The molecule has 0 fully saturated rings. The molecule has 1 rings (SSSR count). The molecule has 1 aromatic carbocycles. The van der Waals surface area contributed by atoms with Crippen LogP contribution in [0.4, 0.5) is 5.69 Å². The van der Waals surface area contributed by atoms with Crippen molar-refractivity contribution in [2.75, 3.05) is 25.0 Å². The van der Waals surface area contributed by atoms with Crippen molar-refractivity contribution in [2.45, 2.75) is 39.5 Å². The number of anilines is 1. The number of rotatable bonds is 7. The van der Waals surface area contributed by atoms with E-state index in [0.29, 0.717) is 0 Å². The summed E-state index contributed by atoms with van der Waals surface area (Å²) in [5.41, 5.74) is 9.65. The average Bonchev–Trinajstić information content (AvgIpc) is 2.32. The summed E-state index contributed by atoms with van der Waals surface area (Å²) in [6.45, 7) is 6.29. The van der Waals surface area contributed by atoms with Crippen LogP contribution in [0, 0.1) is 6.92 Å². The molecule has 0 aliphatic carbocycles. The lowest BCUT2D eigenvalue weighted by molar-refractivity contribution is 0.705. The molecular weight excluding hydrogens is 208 g/mol. The van der Waals surface area contributed by atoms with Gasteiger partial charge in [0, 0.05) is 19.3 Å². The Morgan fingerprint density at radius 1 is 1.24 bits per heavy atom. The lowest BCUT2D eigenvalue weighted by atomic mass is 10.0. The predicted octanol–water partition coefficient (Wildman–Crippen LogP) is 3.12. The third-order valence-corrected chi connectivity index (χ3v) is 3.28. The number of benzene rings is 1. The monoisotopic (exact) mass is 234 g/mol. The Hall–Kier alpha value is -1.02.